The van der Waals surface area contributed by atoms with Crippen LogP contribution in [0.1, 0.15) is 43.2 Å². The molecule has 1 saturated carbocycles. The Hall–Kier alpha value is -1.84. The molecule has 4 nitrogen and oxygen atoms in total. The van der Waals surface area contributed by atoms with E-state index in [9.17, 15) is 9.59 Å². The van der Waals surface area contributed by atoms with Crippen LogP contribution in [0.2, 0.25) is 0 Å². The number of hydrogen-bond donors (Lipinski definition) is 1. The van der Waals surface area contributed by atoms with Gasteiger partial charge < -0.3 is 10.2 Å². The molecule has 0 unspecified atom stereocenters. The third-order valence-corrected chi connectivity index (χ3v) is 4.48. The quantitative estimate of drug-likeness (QED) is 0.909. The van der Waals surface area contributed by atoms with Crippen molar-refractivity contribution in [2.24, 2.45) is 5.92 Å². The molecule has 4 heteroatoms. The summed E-state index contributed by atoms with van der Waals surface area (Å²) in [6.45, 7) is 2.71. The summed E-state index contributed by atoms with van der Waals surface area (Å²) >= 11 is 0. The Kier molecular flexibility index (Phi) is 5.99. The Morgan fingerprint density at radius 1 is 1.18 bits per heavy atom. The second-order valence-corrected chi connectivity index (χ2v) is 6.23. The van der Waals surface area contributed by atoms with Crippen LogP contribution in [-0.4, -0.2) is 30.3 Å². The summed E-state index contributed by atoms with van der Waals surface area (Å²) in [5.41, 5.74) is 2.31. The second kappa shape index (κ2) is 7.97. The van der Waals surface area contributed by atoms with Crippen LogP contribution in [-0.2, 0) is 16.1 Å². The van der Waals surface area contributed by atoms with Gasteiger partial charge in [0.05, 0.1) is 6.54 Å². The fraction of sp³-hybridized carbons (Fsp3) is 0.556. The molecule has 1 aliphatic carbocycles. The van der Waals surface area contributed by atoms with E-state index in [1.165, 1.54) is 12.0 Å². The van der Waals surface area contributed by atoms with Crippen molar-refractivity contribution in [3.63, 3.8) is 0 Å². The van der Waals surface area contributed by atoms with Gasteiger partial charge in [-0.1, -0.05) is 43.5 Å². The van der Waals surface area contributed by atoms with Gasteiger partial charge in [0, 0.05) is 19.5 Å². The first kappa shape index (κ1) is 16.5. The predicted molar refractivity (Wildman–Crippen MR) is 87.2 cm³/mol. The first-order valence-electron chi connectivity index (χ1n) is 8.14. The number of carbonyl (C=O) groups excluding carboxylic acids is 2. The third-order valence-electron chi connectivity index (χ3n) is 4.48. The van der Waals surface area contributed by atoms with E-state index in [-0.39, 0.29) is 24.3 Å². The zero-order chi connectivity index (χ0) is 15.9. The normalized spacial score (nSPS) is 15.4. The molecule has 0 aromatic heterocycles. The first-order valence-corrected chi connectivity index (χ1v) is 8.14. The summed E-state index contributed by atoms with van der Waals surface area (Å²) in [4.78, 5) is 25.9. The van der Waals surface area contributed by atoms with Crippen molar-refractivity contribution in [1.82, 2.24) is 10.2 Å². The van der Waals surface area contributed by atoms with Crippen LogP contribution in [0.4, 0.5) is 0 Å². The molecule has 0 heterocycles. The smallest absolute Gasteiger partial charge is 0.242 e. The Labute approximate surface area is 132 Å². The number of benzene rings is 1. The van der Waals surface area contributed by atoms with Crippen molar-refractivity contribution >= 4 is 11.8 Å². The Morgan fingerprint density at radius 3 is 2.55 bits per heavy atom. The van der Waals surface area contributed by atoms with Gasteiger partial charge in [0.1, 0.15) is 0 Å². The fourth-order valence-corrected chi connectivity index (χ4v) is 2.94. The molecule has 2 rings (SSSR count). The minimum absolute atomic E-state index is 0.0392. The van der Waals surface area contributed by atoms with Crippen LogP contribution in [0.3, 0.4) is 0 Å². The van der Waals surface area contributed by atoms with Gasteiger partial charge in [-0.25, -0.2) is 0 Å². The zero-order valence-corrected chi connectivity index (χ0v) is 13.6. The highest BCUT2D eigenvalue weighted by Crippen LogP contribution is 2.23. The molecule has 22 heavy (non-hydrogen) atoms. The Bertz CT molecular complexity index is 522. The molecule has 0 radical (unpaired) electrons. The van der Waals surface area contributed by atoms with E-state index in [1.54, 1.807) is 11.9 Å². The van der Waals surface area contributed by atoms with Gasteiger partial charge in [0.2, 0.25) is 11.8 Å². The molecular weight excluding hydrogens is 276 g/mol. The Balaban J connectivity index is 1.79. The fourth-order valence-electron chi connectivity index (χ4n) is 2.94. The van der Waals surface area contributed by atoms with Crippen molar-refractivity contribution in [1.29, 1.82) is 0 Å². The van der Waals surface area contributed by atoms with Crippen LogP contribution in [0, 0.1) is 12.8 Å². The summed E-state index contributed by atoms with van der Waals surface area (Å²) in [7, 11) is 1.78. The third kappa shape index (κ3) is 4.58. The summed E-state index contributed by atoms with van der Waals surface area (Å²) in [6, 6.07) is 8.04. The number of amides is 2. The lowest BCUT2D eigenvalue weighted by molar-refractivity contribution is -0.133. The SMILES string of the molecule is Cc1ccccc1CN(C)C(=O)CNC(=O)C1CCCCC1. The van der Waals surface area contributed by atoms with Gasteiger partial charge in [-0.15, -0.1) is 0 Å². The molecule has 1 fully saturated rings. The molecule has 0 saturated heterocycles. The molecule has 1 N–H and O–H groups in total. The highest BCUT2D eigenvalue weighted by molar-refractivity contribution is 5.85. The van der Waals surface area contributed by atoms with Gasteiger partial charge in [-0.05, 0) is 30.9 Å². The van der Waals surface area contributed by atoms with Gasteiger partial charge in [0.25, 0.3) is 0 Å². The molecule has 1 aromatic rings. The number of hydrogen-bond acceptors (Lipinski definition) is 2. The molecule has 120 valence electrons. The first-order chi connectivity index (χ1) is 10.6. The van der Waals surface area contributed by atoms with Crippen LogP contribution >= 0.6 is 0 Å². The lowest BCUT2D eigenvalue weighted by atomic mass is 9.89. The van der Waals surface area contributed by atoms with E-state index in [1.807, 2.05) is 31.2 Å². The topological polar surface area (TPSA) is 49.4 Å². The lowest BCUT2D eigenvalue weighted by Gasteiger charge is -2.22. The predicted octanol–water partition coefficient (Wildman–Crippen LogP) is 2.65. The van der Waals surface area contributed by atoms with Crippen molar-refractivity contribution in [3.8, 4) is 0 Å². The van der Waals surface area contributed by atoms with Crippen LogP contribution < -0.4 is 5.32 Å². The zero-order valence-electron chi connectivity index (χ0n) is 13.6. The summed E-state index contributed by atoms with van der Waals surface area (Å²) in [5.74, 6) is 0.0907. The standard InChI is InChI=1S/C18H26N2O2/c1-14-8-6-7-11-16(14)13-20(2)17(21)12-19-18(22)15-9-4-3-5-10-15/h6-8,11,15H,3-5,9-10,12-13H2,1-2H3,(H,19,22). The van der Waals surface area contributed by atoms with E-state index in [0.29, 0.717) is 6.54 Å². The number of likely N-dealkylation sites (N-methyl/N-ethyl adjacent to an activating group) is 1. The molecule has 0 bridgehead atoms. The van der Waals surface area contributed by atoms with E-state index >= 15 is 0 Å². The maximum Gasteiger partial charge on any atom is 0.242 e. The van der Waals surface area contributed by atoms with Crippen molar-refractivity contribution in [3.05, 3.63) is 35.4 Å². The number of nitrogens with zero attached hydrogens (tertiary/aromatic N) is 1. The maximum absolute atomic E-state index is 12.2. The highest BCUT2D eigenvalue weighted by atomic mass is 16.2. The van der Waals surface area contributed by atoms with Crippen LogP contribution in [0.5, 0.6) is 0 Å². The minimum Gasteiger partial charge on any atom is -0.347 e. The molecule has 1 aromatic carbocycles. The largest absolute Gasteiger partial charge is 0.347 e. The van der Waals surface area contributed by atoms with Crippen molar-refractivity contribution < 1.29 is 9.59 Å². The number of nitrogens with one attached hydrogen (secondary N) is 1. The van der Waals surface area contributed by atoms with Gasteiger partial charge in [0.15, 0.2) is 0 Å². The molecule has 0 spiro atoms. The maximum atomic E-state index is 12.2. The average Bonchev–Trinajstić information content (AvgIpc) is 2.55. The monoisotopic (exact) mass is 302 g/mol. The molecule has 0 atom stereocenters. The van der Waals surface area contributed by atoms with E-state index < -0.39 is 0 Å². The average molecular weight is 302 g/mol. The summed E-state index contributed by atoms with van der Waals surface area (Å²) in [6.07, 6.45) is 5.39. The van der Waals surface area contributed by atoms with Crippen molar-refractivity contribution in [2.45, 2.75) is 45.6 Å². The van der Waals surface area contributed by atoms with Gasteiger partial charge in [-0.3, -0.25) is 9.59 Å². The van der Waals surface area contributed by atoms with E-state index in [4.69, 9.17) is 0 Å². The number of rotatable bonds is 5. The van der Waals surface area contributed by atoms with Crippen LogP contribution in [0.25, 0.3) is 0 Å². The van der Waals surface area contributed by atoms with Gasteiger partial charge >= 0.3 is 0 Å². The van der Waals surface area contributed by atoms with Gasteiger partial charge in [-0.2, -0.15) is 0 Å². The molecule has 0 aliphatic heterocycles. The van der Waals surface area contributed by atoms with Crippen molar-refractivity contribution in [2.75, 3.05) is 13.6 Å². The molecule has 2 amide bonds. The van der Waals surface area contributed by atoms with E-state index in [2.05, 4.69) is 5.32 Å². The van der Waals surface area contributed by atoms with Crippen LogP contribution in [0.15, 0.2) is 24.3 Å². The number of carbonyl (C=O) groups is 2. The summed E-state index contributed by atoms with van der Waals surface area (Å²) < 4.78 is 0. The molecule has 1 aliphatic rings. The van der Waals surface area contributed by atoms with E-state index in [0.717, 1.165) is 31.2 Å². The molecular formula is C18H26N2O2. The second-order valence-electron chi connectivity index (χ2n) is 6.23. The minimum atomic E-state index is -0.0487. The lowest BCUT2D eigenvalue weighted by Crippen LogP contribution is -2.40. The summed E-state index contributed by atoms with van der Waals surface area (Å²) in [5, 5.41) is 2.80. The Morgan fingerprint density at radius 2 is 1.86 bits per heavy atom. The number of aryl methyl sites for hydroxylation is 1. The highest BCUT2D eigenvalue weighted by Gasteiger charge is 2.21.